The lowest BCUT2D eigenvalue weighted by Crippen LogP contribution is -2.48. The predicted molar refractivity (Wildman–Crippen MR) is 63.3 cm³/mol. The molecule has 0 aromatic heterocycles. The van der Waals surface area contributed by atoms with Crippen LogP contribution < -0.4 is 0 Å². The van der Waals surface area contributed by atoms with Gasteiger partial charge in [-0.05, 0) is 34.1 Å². The van der Waals surface area contributed by atoms with Gasteiger partial charge in [-0.15, -0.1) is 0 Å². The van der Waals surface area contributed by atoms with Gasteiger partial charge in [-0.2, -0.15) is 5.06 Å². The van der Waals surface area contributed by atoms with E-state index in [1.807, 2.05) is 41.5 Å². The van der Waals surface area contributed by atoms with Crippen LogP contribution in [0.4, 0.5) is 0 Å². The lowest BCUT2D eigenvalue weighted by Gasteiger charge is -2.35. The summed E-state index contributed by atoms with van der Waals surface area (Å²) in [5.74, 6) is -0.521. The fourth-order valence-electron chi connectivity index (χ4n) is 2.28. The minimum atomic E-state index is -0.559. The number of nitrogens with zero attached hydrogens (tertiary/aromatic N) is 1. The molecule has 1 atom stereocenters. The number of methoxy groups -OCH3 is 1. The van der Waals surface area contributed by atoms with Crippen molar-refractivity contribution in [1.82, 2.24) is 5.06 Å². The summed E-state index contributed by atoms with van der Waals surface area (Å²) in [6, 6.07) is 0. The van der Waals surface area contributed by atoms with Gasteiger partial charge in [0.1, 0.15) is 0 Å². The molecule has 1 aliphatic rings. The molecule has 0 amide bonds. The second-order valence-electron chi connectivity index (χ2n) is 5.06. The van der Waals surface area contributed by atoms with Crippen LogP contribution in [-0.4, -0.2) is 34.4 Å². The van der Waals surface area contributed by atoms with Gasteiger partial charge in [-0.3, -0.25) is 4.79 Å². The number of ether oxygens (including phenoxy) is 1. The zero-order chi connectivity index (χ0) is 13.1. The van der Waals surface area contributed by atoms with Gasteiger partial charge in [-0.1, -0.05) is 13.8 Å². The first-order valence-corrected chi connectivity index (χ1v) is 5.80. The molecule has 4 heteroatoms. The number of carbonyl (C=O) groups excluding carboxylic acids is 1. The van der Waals surface area contributed by atoms with Crippen molar-refractivity contribution < 1.29 is 14.7 Å². The summed E-state index contributed by atoms with van der Waals surface area (Å²) >= 11 is 0. The van der Waals surface area contributed by atoms with E-state index in [4.69, 9.17) is 4.74 Å². The summed E-state index contributed by atoms with van der Waals surface area (Å²) in [5, 5.41) is 11.2. The molecule has 0 bridgehead atoms. The Morgan fingerprint density at radius 1 is 1.31 bits per heavy atom. The SMILES string of the molecule is CC.COC(=O)C1CC(C)(C)N(O)C1(C)C. The van der Waals surface area contributed by atoms with E-state index in [2.05, 4.69) is 0 Å². The largest absolute Gasteiger partial charge is 0.469 e. The maximum Gasteiger partial charge on any atom is 0.310 e. The van der Waals surface area contributed by atoms with Crippen LogP contribution in [0.15, 0.2) is 0 Å². The Kier molecular flexibility index (Phi) is 4.95. The zero-order valence-corrected chi connectivity index (χ0v) is 11.5. The van der Waals surface area contributed by atoms with Gasteiger partial charge < -0.3 is 9.94 Å². The van der Waals surface area contributed by atoms with Crippen molar-refractivity contribution in [1.29, 1.82) is 0 Å². The molecule has 1 heterocycles. The maximum absolute atomic E-state index is 11.5. The first-order chi connectivity index (χ1) is 7.23. The van der Waals surface area contributed by atoms with E-state index in [1.54, 1.807) is 0 Å². The second kappa shape index (κ2) is 5.15. The summed E-state index contributed by atoms with van der Waals surface area (Å²) in [7, 11) is 1.38. The van der Waals surface area contributed by atoms with E-state index in [0.29, 0.717) is 6.42 Å². The highest BCUT2D eigenvalue weighted by Crippen LogP contribution is 2.43. The third kappa shape index (κ3) is 2.55. The minimum absolute atomic E-state index is 0.250. The van der Waals surface area contributed by atoms with E-state index >= 15 is 0 Å². The molecule has 0 aromatic rings. The number of carbonyl (C=O) groups is 1. The Bertz CT molecular complexity index is 249. The first kappa shape index (κ1) is 15.4. The van der Waals surface area contributed by atoms with Crippen LogP contribution >= 0.6 is 0 Å². The number of rotatable bonds is 1. The fraction of sp³-hybridized carbons (Fsp3) is 0.917. The Morgan fingerprint density at radius 3 is 2.00 bits per heavy atom. The zero-order valence-electron chi connectivity index (χ0n) is 11.5. The Labute approximate surface area is 98.5 Å². The van der Waals surface area contributed by atoms with Crippen molar-refractivity contribution >= 4 is 5.97 Å². The van der Waals surface area contributed by atoms with E-state index in [-0.39, 0.29) is 17.4 Å². The molecule has 0 aliphatic carbocycles. The average molecular weight is 231 g/mol. The highest BCUT2D eigenvalue weighted by molar-refractivity contribution is 5.74. The number of esters is 1. The standard InChI is InChI=1S/C10H19NO3.C2H6/c1-9(2)6-7(8(12)14-5)10(3,4)11(9)13;1-2/h7,13H,6H2,1-5H3;1-2H3. The fourth-order valence-corrected chi connectivity index (χ4v) is 2.28. The van der Waals surface area contributed by atoms with Crippen LogP contribution in [0.3, 0.4) is 0 Å². The Balaban J connectivity index is 0.00000106. The van der Waals surface area contributed by atoms with Gasteiger partial charge in [-0.25, -0.2) is 0 Å². The first-order valence-electron chi connectivity index (χ1n) is 5.80. The lowest BCUT2D eigenvalue weighted by atomic mass is 9.87. The van der Waals surface area contributed by atoms with Gasteiger partial charge in [0.05, 0.1) is 18.6 Å². The number of hydrogen-bond acceptors (Lipinski definition) is 4. The van der Waals surface area contributed by atoms with Crippen LogP contribution in [0, 0.1) is 5.92 Å². The number of hydrogen-bond donors (Lipinski definition) is 1. The van der Waals surface area contributed by atoms with E-state index in [0.717, 1.165) is 0 Å². The van der Waals surface area contributed by atoms with Crippen molar-refractivity contribution in [2.75, 3.05) is 7.11 Å². The molecule has 0 radical (unpaired) electrons. The summed E-state index contributed by atoms with van der Waals surface area (Å²) in [6.07, 6.45) is 0.614. The molecular formula is C12H25NO3. The average Bonchev–Trinajstić information content (AvgIpc) is 2.41. The highest BCUT2D eigenvalue weighted by atomic mass is 16.5. The lowest BCUT2D eigenvalue weighted by molar-refractivity contribution is -0.199. The Hall–Kier alpha value is -0.610. The van der Waals surface area contributed by atoms with E-state index in [9.17, 15) is 10.0 Å². The van der Waals surface area contributed by atoms with Gasteiger partial charge in [0.25, 0.3) is 0 Å². The van der Waals surface area contributed by atoms with Gasteiger partial charge in [0.15, 0.2) is 0 Å². The topological polar surface area (TPSA) is 49.8 Å². The predicted octanol–water partition coefficient (Wildman–Crippen LogP) is 2.45. The van der Waals surface area contributed by atoms with E-state index < -0.39 is 5.54 Å². The summed E-state index contributed by atoms with van der Waals surface area (Å²) < 4.78 is 4.73. The van der Waals surface area contributed by atoms with Gasteiger partial charge in [0.2, 0.25) is 0 Å². The maximum atomic E-state index is 11.5. The quantitative estimate of drug-likeness (QED) is 0.704. The van der Waals surface area contributed by atoms with Crippen LogP contribution in [0.1, 0.15) is 48.0 Å². The molecule has 1 rings (SSSR count). The van der Waals surface area contributed by atoms with Crippen molar-refractivity contribution in [3.63, 3.8) is 0 Å². The van der Waals surface area contributed by atoms with Crippen LogP contribution in [0.2, 0.25) is 0 Å². The summed E-state index contributed by atoms with van der Waals surface area (Å²) in [6.45, 7) is 11.5. The molecule has 0 saturated carbocycles. The molecule has 4 nitrogen and oxygen atoms in total. The molecular weight excluding hydrogens is 206 g/mol. The minimum Gasteiger partial charge on any atom is -0.469 e. The van der Waals surface area contributed by atoms with Crippen molar-refractivity contribution in [3.8, 4) is 0 Å². The molecule has 1 N–H and O–H groups in total. The van der Waals surface area contributed by atoms with Crippen LogP contribution in [0.5, 0.6) is 0 Å². The molecule has 1 aliphatic heterocycles. The van der Waals surface area contributed by atoms with Gasteiger partial charge in [0, 0.05) is 5.54 Å². The summed E-state index contributed by atoms with van der Waals surface area (Å²) in [5.41, 5.74) is -0.932. The molecule has 0 spiro atoms. The highest BCUT2D eigenvalue weighted by Gasteiger charge is 2.54. The third-order valence-corrected chi connectivity index (χ3v) is 3.16. The Morgan fingerprint density at radius 2 is 1.75 bits per heavy atom. The van der Waals surface area contributed by atoms with Gasteiger partial charge >= 0.3 is 5.97 Å². The van der Waals surface area contributed by atoms with Crippen LogP contribution in [0.25, 0.3) is 0 Å². The smallest absolute Gasteiger partial charge is 0.310 e. The molecule has 96 valence electrons. The molecule has 1 saturated heterocycles. The summed E-state index contributed by atoms with van der Waals surface area (Å²) in [4.78, 5) is 11.5. The molecule has 0 aromatic carbocycles. The molecule has 16 heavy (non-hydrogen) atoms. The van der Waals surface area contributed by atoms with Crippen molar-refractivity contribution in [3.05, 3.63) is 0 Å². The van der Waals surface area contributed by atoms with Crippen molar-refractivity contribution in [2.45, 2.75) is 59.0 Å². The normalized spacial score (nSPS) is 26.9. The van der Waals surface area contributed by atoms with Crippen LogP contribution in [-0.2, 0) is 9.53 Å². The third-order valence-electron chi connectivity index (χ3n) is 3.16. The number of hydroxylamine groups is 2. The monoisotopic (exact) mass is 231 g/mol. The molecule has 1 unspecified atom stereocenters. The van der Waals surface area contributed by atoms with Crippen molar-refractivity contribution in [2.24, 2.45) is 5.92 Å². The second-order valence-corrected chi connectivity index (χ2v) is 5.06. The van der Waals surface area contributed by atoms with E-state index in [1.165, 1.54) is 12.2 Å². The molecule has 1 fully saturated rings.